The lowest BCUT2D eigenvalue weighted by Crippen LogP contribution is -2.13. The molecule has 0 saturated carbocycles. The van der Waals surface area contributed by atoms with Gasteiger partial charge in [0.05, 0.1) is 32.1 Å². The number of Topliss-reactive ketones (excluding diaryl/α,β-unsaturated/α-hetero) is 1. The van der Waals surface area contributed by atoms with Gasteiger partial charge in [-0.3, -0.25) is 9.59 Å². The Bertz CT molecular complexity index is 1140. The molecule has 0 fully saturated rings. The van der Waals surface area contributed by atoms with Crippen LogP contribution in [0.1, 0.15) is 41.4 Å². The van der Waals surface area contributed by atoms with E-state index in [4.69, 9.17) is 37.8 Å². The number of aryl methyl sites for hydroxylation is 1. The number of hydrogen-bond donors (Lipinski definition) is 1. The zero-order chi connectivity index (χ0) is 24.0. The van der Waals surface area contributed by atoms with Crippen molar-refractivity contribution in [1.82, 2.24) is 4.57 Å². The Hall–Kier alpha value is -2.38. The first-order chi connectivity index (χ1) is 15.8. The molecule has 0 bridgehead atoms. The minimum atomic E-state index is -0.919. The Morgan fingerprint density at radius 1 is 1.00 bits per heavy atom. The fourth-order valence-corrected chi connectivity index (χ4v) is 4.23. The van der Waals surface area contributed by atoms with E-state index in [9.17, 15) is 9.59 Å². The van der Waals surface area contributed by atoms with Crippen molar-refractivity contribution in [1.29, 1.82) is 0 Å². The van der Waals surface area contributed by atoms with E-state index in [1.807, 2.05) is 41.9 Å². The second-order valence-electron chi connectivity index (χ2n) is 8.11. The van der Waals surface area contributed by atoms with Gasteiger partial charge in [-0.15, -0.1) is 0 Å². The summed E-state index contributed by atoms with van der Waals surface area (Å²) < 4.78 is 13.4. The Labute approximate surface area is 203 Å². The van der Waals surface area contributed by atoms with Gasteiger partial charge in [-0.05, 0) is 41.8 Å². The van der Waals surface area contributed by atoms with Gasteiger partial charge in [0.25, 0.3) is 0 Å². The molecule has 1 atom stereocenters. The maximum atomic E-state index is 13.2. The number of carbonyl (C=O) groups excluding carboxylic acids is 1. The van der Waals surface area contributed by atoms with Crippen LogP contribution in [-0.4, -0.2) is 34.6 Å². The summed E-state index contributed by atoms with van der Waals surface area (Å²) in [6, 6.07) is 12.9. The summed E-state index contributed by atoms with van der Waals surface area (Å²) in [7, 11) is 1.88. The molecule has 176 valence electrons. The molecule has 0 aliphatic heterocycles. The van der Waals surface area contributed by atoms with Crippen molar-refractivity contribution in [3.05, 3.63) is 69.3 Å². The highest BCUT2D eigenvalue weighted by molar-refractivity contribution is 6.31. The Kier molecular flexibility index (Phi) is 8.92. The predicted molar refractivity (Wildman–Crippen MR) is 129 cm³/mol. The molecule has 1 aromatic heterocycles. The van der Waals surface area contributed by atoms with E-state index in [-0.39, 0.29) is 31.1 Å². The van der Waals surface area contributed by atoms with E-state index in [0.29, 0.717) is 35.4 Å². The van der Waals surface area contributed by atoms with Crippen LogP contribution in [0.5, 0.6) is 0 Å². The van der Waals surface area contributed by atoms with Crippen LogP contribution < -0.4 is 0 Å². The average molecular weight is 492 g/mol. The molecule has 6 nitrogen and oxygen atoms in total. The van der Waals surface area contributed by atoms with Gasteiger partial charge in [0.2, 0.25) is 0 Å². The summed E-state index contributed by atoms with van der Waals surface area (Å²) in [4.78, 5) is 24.2. The SMILES string of the molecule is CC(CC(=O)O)CC(=O)c1c(COCCOCc2cccc(Cl)c2)n(C)c2ccc(Cl)cc12. The number of benzene rings is 2. The number of carboxylic acid groups (broad SMARTS) is 1. The van der Waals surface area contributed by atoms with E-state index in [1.165, 1.54) is 0 Å². The van der Waals surface area contributed by atoms with Crippen LogP contribution >= 0.6 is 23.2 Å². The van der Waals surface area contributed by atoms with Gasteiger partial charge in [-0.2, -0.15) is 0 Å². The van der Waals surface area contributed by atoms with Crippen molar-refractivity contribution in [3.63, 3.8) is 0 Å². The molecule has 1 heterocycles. The number of halogens is 2. The van der Waals surface area contributed by atoms with Gasteiger partial charge < -0.3 is 19.1 Å². The van der Waals surface area contributed by atoms with Gasteiger partial charge >= 0.3 is 5.97 Å². The maximum absolute atomic E-state index is 13.2. The minimum absolute atomic E-state index is 0.0624. The second-order valence-corrected chi connectivity index (χ2v) is 8.98. The van der Waals surface area contributed by atoms with Gasteiger partial charge in [-0.25, -0.2) is 0 Å². The number of rotatable bonds is 12. The normalized spacial score (nSPS) is 12.2. The number of aliphatic carboxylic acids is 1. The van der Waals surface area contributed by atoms with Crippen molar-refractivity contribution in [2.75, 3.05) is 13.2 Å². The number of carbonyl (C=O) groups is 2. The number of ether oxygens (including phenoxy) is 2. The number of nitrogens with zero attached hydrogens (tertiary/aromatic N) is 1. The molecular formula is C25H27Cl2NO5. The van der Waals surface area contributed by atoms with Gasteiger partial charge in [0, 0.05) is 46.4 Å². The molecule has 0 amide bonds. The zero-order valence-electron chi connectivity index (χ0n) is 18.6. The van der Waals surface area contributed by atoms with Crippen molar-refractivity contribution in [2.45, 2.75) is 33.0 Å². The summed E-state index contributed by atoms with van der Waals surface area (Å²) in [5.74, 6) is -1.32. The lowest BCUT2D eigenvalue weighted by molar-refractivity contribution is -0.137. The van der Waals surface area contributed by atoms with Gasteiger partial charge in [0.15, 0.2) is 5.78 Å². The van der Waals surface area contributed by atoms with E-state index in [0.717, 1.165) is 22.2 Å². The highest BCUT2D eigenvalue weighted by Crippen LogP contribution is 2.30. The van der Waals surface area contributed by atoms with Crippen LogP contribution in [0.25, 0.3) is 10.9 Å². The smallest absolute Gasteiger partial charge is 0.303 e. The largest absolute Gasteiger partial charge is 0.481 e. The average Bonchev–Trinajstić information content (AvgIpc) is 3.01. The molecule has 0 spiro atoms. The van der Waals surface area contributed by atoms with E-state index in [1.54, 1.807) is 19.1 Å². The first-order valence-corrected chi connectivity index (χ1v) is 11.4. The van der Waals surface area contributed by atoms with Crippen LogP contribution in [0.2, 0.25) is 10.0 Å². The number of aromatic nitrogens is 1. The highest BCUT2D eigenvalue weighted by atomic mass is 35.5. The summed E-state index contributed by atoms with van der Waals surface area (Å²) in [5, 5.41) is 11.0. The first-order valence-electron chi connectivity index (χ1n) is 10.7. The van der Waals surface area contributed by atoms with Crippen molar-refractivity contribution < 1.29 is 24.2 Å². The fourth-order valence-electron chi connectivity index (χ4n) is 3.84. The molecule has 33 heavy (non-hydrogen) atoms. The van der Waals surface area contributed by atoms with E-state index in [2.05, 4.69) is 0 Å². The number of hydrogen-bond acceptors (Lipinski definition) is 4. The Morgan fingerprint density at radius 2 is 1.70 bits per heavy atom. The van der Waals surface area contributed by atoms with E-state index < -0.39 is 5.97 Å². The Morgan fingerprint density at radius 3 is 2.39 bits per heavy atom. The molecule has 3 rings (SSSR count). The standard InChI is InChI=1S/C25H27Cl2NO5/c1-16(11-24(30)31)10-23(29)25-20-13-19(27)6-7-21(20)28(2)22(25)15-33-9-8-32-14-17-4-3-5-18(26)12-17/h3-7,12-13,16H,8-11,14-15H2,1-2H3,(H,30,31). The monoisotopic (exact) mass is 491 g/mol. The molecule has 0 aliphatic rings. The number of ketones is 1. The van der Waals surface area contributed by atoms with Gasteiger partial charge in [-0.1, -0.05) is 42.3 Å². The maximum Gasteiger partial charge on any atom is 0.303 e. The quantitative estimate of drug-likeness (QED) is 0.252. The molecule has 0 saturated heterocycles. The molecule has 1 unspecified atom stereocenters. The van der Waals surface area contributed by atoms with Crippen molar-refractivity contribution >= 4 is 45.9 Å². The summed E-state index contributed by atoms with van der Waals surface area (Å²) in [6.45, 7) is 3.16. The fraction of sp³-hybridized carbons (Fsp3) is 0.360. The molecule has 2 aromatic carbocycles. The number of fused-ring (bicyclic) bond motifs is 1. The molecule has 1 N–H and O–H groups in total. The van der Waals surface area contributed by atoms with Gasteiger partial charge in [0.1, 0.15) is 0 Å². The summed E-state index contributed by atoms with van der Waals surface area (Å²) in [6.07, 6.45) is 0.0702. The number of carboxylic acids is 1. The van der Waals surface area contributed by atoms with Crippen LogP contribution in [0, 0.1) is 5.92 Å². The zero-order valence-corrected chi connectivity index (χ0v) is 20.2. The predicted octanol–water partition coefficient (Wildman–Crippen LogP) is 5.90. The topological polar surface area (TPSA) is 77.8 Å². The first kappa shape index (κ1) is 25.2. The molecule has 0 radical (unpaired) electrons. The second kappa shape index (κ2) is 11.7. The lowest BCUT2D eigenvalue weighted by Gasteiger charge is -2.11. The lowest BCUT2D eigenvalue weighted by atomic mass is 9.95. The molecule has 0 aliphatic carbocycles. The minimum Gasteiger partial charge on any atom is -0.481 e. The van der Waals surface area contributed by atoms with Crippen LogP contribution in [0.3, 0.4) is 0 Å². The van der Waals surface area contributed by atoms with Crippen LogP contribution in [-0.2, 0) is 34.5 Å². The van der Waals surface area contributed by atoms with Crippen LogP contribution in [0.4, 0.5) is 0 Å². The molecular weight excluding hydrogens is 465 g/mol. The van der Waals surface area contributed by atoms with E-state index >= 15 is 0 Å². The highest BCUT2D eigenvalue weighted by Gasteiger charge is 2.23. The third-order valence-electron chi connectivity index (χ3n) is 5.39. The van der Waals surface area contributed by atoms with Crippen molar-refractivity contribution in [3.8, 4) is 0 Å². The third kappa shape index (κ3) is 6.81. The van der Waals surface area contributed by atoms with Crippen molar-refractivity contribution in [2.24, 2.45) is 13.0 Å². The van der Waals surface area contributed by atoms with Crippen LogP contribution in [0.15, 0.2) is 42.5 Å². The third-order valence-corrected chi connectivity index (χ3v) is 5.86. The molecule has 3 aromatic rings. The molecule has 8 heteroatoms. The summed E-state index contributed by atoms with van der Waals surface area (Å²) >= 11 is 12.2. The Balaban J connectivity index is 1.68. The summed E-state index contributed by atoms with van der Waals surface area (Å²) in [5.41, 5.74) is 3.11.